The molecule has 0 bridgehead atoms. The lowest BCUT2D eigenvalue weighted by Gasteiger charge is -2.35. The van der Waals surface area contributed by atoms with Crippen molar-refractivity contribution in [1.29, 1.82) is 0 Å². The molecular weight excluding hydrogens is 395 g/mol. The Hall–Kier alpha value is -2.24. The van der Waals surface area contributed by atoms with Crippen LogP contribution in [0.5, 0.6) is 0 Å². The summed E-state index contributed by atoms with van der Waals surface area (Å²) in [4.78, 5) is 15.1. The minimum Gasteiger partial charge on any atom is -0.348 e. The molecule has 146 valence electrons. The normalized spacial score (nSPS) is 16.3. The largest absolute Gasteiger partial charge is 0.348 e. The molecule has 0 spiro atoms. The number of hydrogen-bond donors (Lipinski definition) is 0. The maximum atomic E-state index is 13.1. The Morgan fingerprint density at radius 2 is 1.96 bits per heavy atom. The number of aromatic nitrogens is 3. The van der Waals surface area contributed by atoms with E-state index < -0.39 is 0 Å². The third kappa shape index (κ3) is 3.23. The number of fused-ring (bicyclic) bond motifs is 1. The van der Waals surface area contributed by atoms with Crippen molar-refractivity contribution in [2.75, 3.05) is 6.54 Å². The molecule has 1 amide bonds. The summed E-state index contributed by atoms with van der Waals surface area (Å²) in [5.41, 5.74) is 4.77. The van der Waals surface area contributed by atoms with Gasteiger partial charge < -0.3 is 9.47 Å². The summed E-state index contributed by atoms with van der Waals surface area (Å²) in [5, 5.41) is 5.62. The van der Waals surface area contributed by atoms with Crippen LogP contribution in [0.25, 0.3) is 5.69 Å². The van der Waals surface area contributed by atoms with Gasteiger partial charge in [-0.05, 0) is 51.1 Å². The average molecular weight is 417 g/mol. The first-order valence-corrected chi connectivity index (χ1v) is 10.1. The Morgan fingerprint density at radius 1 is 1.18 bits per heavy atom. The highest BCUT2D eigenvalue weighted by atomic mass is 35.5. The zero-order valence-corrected chi connectivity index (χ0v) is 17.6. The molecule has 1 aliphatic rings. The summed E-state index contributed by atoms with van der Waals surface area (Å²) in [6.45, 7) is 7.56. The lowest BCUT2D eigenvalue weighted by Crippen LogP contribution is -2.41. The van der Waals surface area contributed by atoms with Gasteiger partial charge in [0.1, 0.15) is 0 Å². The van der Waals surface area contributed by atoms with Crippen LogP contribution in [-0.4, -0.2) is 31.7 Å². The van der Waals surface area contributed by atoms with E-state index in [9.17, 15) is 4.79 Å². The average Bonchev–Trinajstić information content (AvgIpc) is 3.25. The van der Waals surface area contributed by atoms with Gasteiger partial charge in [0, 0.05) is 36.2 Å². The van der Waals surface area contributed by atoms with Gasteiger partial charge >= 0.3 is 0 Å². The van der Waals surface area contributed by atoms with Gasteiger partial charge in [-0.25, -0.2) is 4.68 Å². The number of rotatable bonds is 3. The predicted molar refractivity (Wildman–Crippen MR) is 111 cm³/mol. The molecule has 0 saturated heterocycles. The third-order valence-corrected chi connectivity index (χ3v) is 6.32. The zero-order valence-electron chi connectivity index (χ0n) is 16.1. The second-order valence-electron chi connectivity index (χ2n) is 7.23. The fourth-order valence-electron chi connectivity index (χ4n) is 3.97. The van der Waals surface area contributed by atoms with Gasteiger partial charge in [-0.15, -0.1) is 0 Å². The van der Waals surface area contributed by atoms with Gasteiger partial charge in [-0.2, -0.15) is 5.10 Å². The third-order valence-electron chi connectivity index (χ3n) is 5.58. The number of hydrogen-bond acceptors (Lipinski definition) is 2. The van der Waals surface area contributed by atoms with Crippen LogP contribution in [0.2, 0.25) is 10.0 Å². The second kappa shape index (κ2) is 7.30. The maximum absolute atomic E-state index is 13.1. The van der Waals surface area contributed by atoms with Gasteiger partial charge in [-0.3, -0.25) is 4.79 Å². The monoisotopic (exact) mass is 416 g/mol. The molecule has 1 aromatic carbocycles. The van der Waals surface area contributed by atoms with Crippen LogP contribution in [0.4, 0.5) is 0 Å². The topological polar surface area (TPSA) is 43.1 Å². The molecule has 28 heavy (non-hydrogen) atoms. The van der Waals surface area contributed by atoms with Gasteiger partial charge in [0.15, 0.2) is 0 Å². The first kappa shape index (κ1) is 19.1. The van der Waals surface area contributed by atoms with Crippen molar-refractivity contribution in [1.82, 2.24) is 19.2 Å². The predicted octanol–water partition coefficient (Wildman–Crippen LogP) is 4.74. The van der Waals surface area contributed by atoms with E-state index in [4.69, 9.17) is 23.2 Å². The van der Waals surface area contributed by atoms with Crippen LogP contribution in [0.3, 0.4) is 0 Å². The molecule has 3 heterocycles. The fraction of sp³-hybridized carbons (Fsp3) is 0.333. The van der Waals surface area contributed by atoms with Crippen molar-refractivity contribution < 1.29 is 4.79 Å². The molecule has 1 atom stereocenters. The number of halogens is 2. The molecule has 0 N–H and O–H groups in total. The van der Waals surface area contributed by atoms with E-state index in [1.54, 1.807) is 12.1 Å². The first-order valence-electron chi connectivity index (χ1n) is 9.32. The SMILES string of the molecule is Cc1nn(-c2ccc(Cl)c(Cl)c2)c(C)c1CC(=O)N1CCn2cccc2C1C. The number of amides is 1. The Morgan fingerprint density at radius 3 is 2.71 bits per heavy atom. The van der Waals surface area contributed by atoms with Crippen molar-refractivity contribution in [3.05, 3.63) is 69.2 Å². The second-order valence-corrected chi connectivity index (χ2v) is 8.04. The van der Waals surface area contributed by atoms with E-state index >= 15 is 0 Å². The highest BCUT2D eigenvalue weighted by Crippen LogP contribution is 2.28. The molecule has 4 rings (SSSR count). The van der Waals surface area contributed by atoms with Crippen molar-refractivity contribution >= 4 is 29.1 Å². The number of carbonyl (C=O) groups excluding carboxylic acids is 1. The summed E-state index contributed by atoms with van der Waals surface area (Å²) in [7, 11) is 0. The molecule has 5 nitrogen and oxygen atoms in total. The zero-order chi connectivity index (χ0) is 20.0. The van der Waals surface area contributed by atoms with E-state index in [2.05, 4.69) is 28.9 Å². The minimum absolute atomic E-state index is 0.0713. The number of aryl methyl sites for hydroxylation is 1. The Bertz CT molecular complexity index is 1050. The van der Waals surface area contributed by atoms with Crippen LogP contribution in [0, 0.1) is 13.8 Å². The van der Waals surface area contributed by atoms with E-state index in [-0.39, 0.29) is 11.9 Å². The molecule has 3 aromatic rings. The highest BCUT2D eigenvalue weighted by Gasteiger charge is 2.28. The van der Waals surface area contributed by atoms with E-state index in [1.807, 2.05) is 35.6 Å². The minimum atomic E-state index is 0.0713. The van der Waals surface area contributed by atoms with Crippen molar-refractivity contribution in [2.24, 2.45) is 0 Å². The van der Waals surface area contributed by atoms with Crippen LogP contribution in [-0.2, 0) is 17.8 Å². The van der Waals surface area contributed by atoms with E-state index in [1.165, 1.54) is 5.69 Å². The Kier molecular flexibility index (Phi) is 4.98. The molecule has 1 unspecified atom stereocenters. The molecule has 2 aromatic heterocycles. The molecule has 0 radical (unpaired) electrons. The van der Waals surface area contributed by atoms with Crippen molar-refractivity contribution in [3.63, 3.8) is 0 Å². The molecule has 1 aliphatic heterocycles. The molecule has 7 heteroatoms. The summed E-state index contributed by atoms with van der Waals surface area (Å²) in [5.74, 6) is 0.125. The van der Waals surface area contributed by atoms with E-state index in [0.717, 1.165) is 35.7 Å². The summed E-state index contributed by atoms with van der Waals surface area (Å²) >= 11 is 12.2. The van der Waals surface area contributed by atoms with Crippen molar-refractivity contribution in [2.45, 2.75) is 39.8 Å². The van der Waals surface area contributed by atoms with Crippen LogP contribution >= 0.6 is 23.2 Å². The van der Waals surface area contributed by atoms with Crippen LogP contribution in [0.15, 0.2) is 36.5 Å². The molecule has 0 fully saturated rings. The lowest BCUT2D eigenvalue weighted by molar-refractivity contribution is -0.133. The van der Waals surface area contributed by atoms with Gasteiger partial charge in [0.2, 0.25) is 5.91 Å². The summed E-state index contributed by atoms with van der Waals surface area (Å²) in [6, 6.07) is 9.61. The van der Waals surface area contributed by atoms with Crippen molar-refractivity contribution in [3.8, 4) is 5.69 Å². The fourth-order valence-corrected chi connectivity index (χ4v) is 4.26. The highest BCUT2D eigenvalue weighted by molar-refractivity contribution is 6.42. The molecule has 0 saturated carbocycles. The summed E-state index contributed by atoms with van der Waals surface area (Å²) < 4.78 is 4.04. The quantitative estimate of drug-likeness (QED) is 0.618. The Balaban J connectivity index is 1.59. The van der Waals surface area contributed by atoms with Gasteiger partial charge in [0.25, 0.3) is 0 Å². The van der Waals surface area contributed by atoms with Gasteiger partial charge in [0.05, 0.1) is 33.9 Å². The van der Waals surface area contributed by atoms with Gasteiger partial charge in [-0.1, -0.05) is 23.2 Å². The Labute approximate surface area is 174 Å². The maximum Gasteiger partial charge on any atom is 0.227 e. The smallest absolute Gasteiger partial charge is 0.227 e. The molecule has 0 aliphatic carbocycles. The van der Waals surface area contributed by atoms with Crippen LogP contribution in [0.1, 0.15) is 35.6 Å². The lowest BCUT2D eigenvalue weighted by atomic mass is 10.1. The number of carbonyl (C=O) groups is 1. The number of benzene rings is 1. The first-order chi connectivity index (χ1) is 13.4. The van der Waals surface area contributed by atoms with Crippen LogP contribution < -0.4 is 0 Å². The summed E-state index contributed by atoms with van der Waals surface area (Å²) in [6.07, 6.45) is 2.41. The molecular formula is C21H22Cl2N4O. The van der Waals surface area contributed by atoms with E-state index in [0.29, 0.717) is 16.5 Å². The number of nitrogens with zero attached hydrogens (tertiary/aromatic N) is 4. The standard InChI is InChI=1S/C21H22Cl2N4O/c1-13-17(14(2)27(24-13)16-6-7-18(22)19(23)11-16)12-21(28)26-10-9-25-8-4-5-20(25)15(26)3/h4-8,11,15H,9-10,12H2,1-3H3.